The Kier molecular flexibility index (Phi) is 4.96. The largest absolute Gasteiger partial charge is 0.352 e. The minimum Gasteiger partial charge on any atom is -0.352 e. The minimum absolute atomic E-state index is 0.0364. The van der Waals surface area contributed by atoms with Gasteiger partial charge in [0.25, 0.3) is 0 Å². The van der Waals surface area contributed by atoms with Crippen molar-refractivity contribution in [3.05, 3.63) is 35.9 Å². The first-order valence-corrected chi connectivity index (χ1v) is 8.42. The topological polar surface area (TPSA) is 52.7 Å². The molecule has 5 heteroatoms. The minimum atomic E-state index is -0.183. The first-order chi connectivity index (χ1) is 11.1. The van der Waals surface area contributed by atoms with Gasteiger partial charge in [-0.05, 0) is 24.9 Å². The first kappa shape index (κ1) is 16.0. The lowest BCUT2D eigenvalue weighted by atomic mass is 10.0. The van der Waals surface area contributed by atoms with Crippen LogP contribution >= 0.6 is 0 Å². The lowest BCUT2D eigenvalue weighted by molar-refractivity contribution is -0.128. The number of piperidine rings is 1. The highest BCUT2D eigenvalue weighted by atomic mass is 16.2. The summed E-state index contributed by atoms with van der Waals surface area (Å²) in [6.07, 6.45) is 2.47. The first-order valence-electron chi connectivity index (χ1n) is 8.42. The molecule has 2 atom stereocenters. The number of likely N-dealkylation sites (tertiary alicyclic amines) is 2. The molecule has 3 rings (SSSR count). The third-order valence-electron chi connectivity index (χ3n) is 4.81. The third kappa shape index (κ3) is 4.10. The van der Waals surface area contributed by atoms with Gasteiger partial charge < -0.3 is 10.2 Å². The number of nitrogens with one attached hydrogen (secondary N) is 1. The average Bonchev–Trinajstić information content (AvgIpc) is 2.88. The van der Waals surface area contributed by atoms with Gasteiger partial charge in [-0.2, -0.15) is 0 Å². The van der Waals surface area contributed by atoms with Crippen LogP contribution in [0.15, 0.2) is 30.3 Å². The maximum absolute atomic E-state index is 12.4. The molecule has 0 spiro atoms. The summed E-state index contributed by atoms with van der Waals surface area (Å²) in [5, 5.41) is 3.16. The van der Waals surface area contributed by atoms with Crippen molar-refractivity contribution in [2.45, 2.75) is 31.8 Å². The Morgan fingerprint density at radius 3 is 2.74 bits per heavy atom. The van der Waals surface area contributed by atoms with Crippen LogP contribution < -0.4 is 5.32 Å². The Morgan fingerprint density at radius 1 is 1.26 bits per heavy atom. The molecule has 0 aromatic heterocycles. The monoisotopic (exact) mass is 315 g/mol. The van der Waals surface area contributed by atoms with Crippen LogP contribution in [0.25, 0.3) is 0 Å². The molecule has 2 heterocycles. The fourth-order valence-electron chi connectivity index (χ4n) is 3.52. The molecule has 2 aliphatic heterocycles. The molecule has 2 amide bonds. The van der Waals surface area contributed by atoms with E-state index in [4.69, 9.17) is 0 Å². The Hall–Kier alpha value is -1.88. The van der Waals surface area contributed by atoms with E-state index in [9.17, 15) is 9.59 Å². The standard InChI is InChI=1S/C18H25N3O2/c1-20-12-15(10-17(20)22)18(23)19-16-8-5-9-21(13-16)11-14-6-3-2-4-7-14/h2-4,6-7,15-16H,5,8-13H2,1H3,(H,19,23)/t15-,16-/m1/s1. The van der Waals surface area contributed by atoms with Gasteiger partial charge in [0.15, 0.2) is 0 Å². The van der Waals surface area contributed by atoms with Gasteiger partial charge in [-0.25, -0.2) is 0 Å². The maximum atomic E-state index is 12.4. The molecule has 5 nitrogen and oxygen atoms in total. The summed E-state index contributed by atoms with van der Waals surface area (Å²) in [6.45, 7) is 3.44. The van der Waals surface area contributed by atoms with Crippen molar-refractivity contribution in [3.8, 4) is 0 Å². The van der Waals surface area contributed by atoms with Crippen molar-refractivity contribution in [1.29, 1.82) is 0 Å². The van der Waals surface area contributed by atoms with Gasteiger partial charge in [0.1, 0.15) is 0 Å². The van der Waals surface area contributed by atoms with Crippen molar-refractivity contribution >= 4 is 11.8 Å². The summed E-state index contributed by atoms with van der Waals surface area (Å²) < 4.78 is 0. The summed E-state index contributed by atoms with van der Waals surface area (Å²) >= 11 is 0. The predicted octanol–water partition coefficient (Wildman–Crippen LogP) is 1.25. The Balaban J connectivity index is 1.50. The summed E-state index contributed by atoms with van der Waals surface area (Å²) in [6, 6.07) is 10.6. The number of nitrogens with zero attached hydrogens (tertiary/aromatic N) is 2. The molecule has 124 valence electrons. The van der Waals surface area contributed by atoms with Crippen molar-refractivity contribution in [3.63, 3.8) is 0 Å². The number of carbonyl (C=O) groups is 2. The van der Waals surface area contributed by atoms with E-state index in [1.165, 1.54) is 5.56 Å². The van der Waals surface area contributed by atoms with Gasteiger partial charge in [0, 0.05) is 39.1 Å². The average molecular weight is 315 g/mol. The smallest absolute Gasteiger partial charge is 0.225 e. The molecule has 1 aromatic carbocycles. The Bertz CT molecular complexity index is 561. The molecule has 0 saturated carbocycles. The van der Waals surface area contributed by atoms with Crippen molar-refractivity contribution in [2.75, 3.05) is 26.7 Å². The van der Waals surface area contributed by atoms with E-state index in [1.54, 1.807) is 11.9 Å². The zero-order valence-electron chi connectivity index (χ0n) is 13.7. The zero-order valence-corrected chi connectivity index (χ0v) is 13.7. The fourth-order valence-corrected chi connectivity index (χ4v) is 3.52. The number of carbonyl (C=O) groups excluding carboxylic acids is 2. The molecule has 2 saturated heterocycles. The van der Waals surface area contributed by atoms with Crippen LogP contribution in [0.1, 0.15) is 24.8 Å². The number of rotatable bonds is 4. The Labute approximate surface area is 137 Å². The number of amides is 2. The van der Waals surface area contributed by atoms with Gasteiger partial charge >= 0.3 is 0 Å². The second-order valence-corrected chi connectivity index (χ2v) is 6.74. The highest BCUT2D eigenvalue weighted by Crippen LogP contribution is 2.18. The lowest BCUT2D eigenvalue weighted by Gasteiger charge is -2.33. The van der Waals surface area contributed by atoms with Crippen LogP contribution in [0.2, 0.25) is 0 Å². The van der Waals surface area contributed by atoms with E-state index in [-0.39, 0.29) is 23.8 Å². The number of benzene rings is 1. The quantitative estimate of drug-likeness (QED) is 0.910. The van der Waals surface area contributed by atoms with E-state index in [0.717, 1.165) is 32.5 Å². The second kappa shape index (κ2) is 7.13. The highest BCUT2D eigenvalue weighted by molar-refractivity contribution is 5.89. The molecule has 2 fully saturated rings. The van der Waals surface area contributed by atoms with E-state index in [2.05, 4.69) is 34.5 Å². The van der Waals surface area contributed by atoms with Gasteiger partial charge in [-0.15, -0.1) is 0 Å². The summed E-state index contributed by atoms with van der Waals surface area (Å²) in [4.78, 5) is 28.0. The van der Waals surface area contributed by atoms with E-state index in [0.29, 0.717) is 13.0 Å². The van der Waals surface area contributed by atoms with Gasteiger partial charge in [0.2, 0.25) is 11.8 Å². The lowest BCUT2D eigenvalue weighted by Crippen LogP contribution is -2.49. The normalized spacial score (nSPS) is 25.6. The van der Waals surface area contributed by atoms with E-state index < -0.39 is 0 Å². The SMILES string of the molecule is CN1C[C@H](C(=O)N[C@@H]2CCCN(Cc3ccccc3)C2)CC1=O. The van der Waals surface area contributed by atoms with Crippen molar-refractivity contribution < 1.29 is 9.59 Å². The summed E-state index contributed by atoms with van der Waals surface area (Å²) in [7, 11) is 1.76. The molecule has 1 aromatic rings. The second-order valence-electron chi connectivity index (χ2n) is 6.74. The summed E-state index contributed by atoms with van der Waals surface area (Å²) in [5.41, 5.74) is 1.31. The van der Waals surface area contributed by atoms with Gasteiger partial charge in [0.05, 0.1) is 5.92 Å². The Morgan fingerprint density at radius 2 is 2.04 bits per heavy atom. The maximum Gasteiger partial charge on any atom is 0.225 e. The third-order valence-corrected chi connectivity index (χ3v) is 4.81. The van der Waals surface area contributed by atoms with Crippen LogP contribution in [0.4, 0.5) is 0 Å². The molecule has 0 bridgehead atoms. The van der Waals surface area contributed by atoms with E-state index >= 15 is 0 Å². The van der Waals surface area contributed by atoms with E-state index in [1.807, 2.05) is 6.07 Å². The predicted molar refractivity (Wildman–Crippen MR) is 88.6 cm³/mol. The van der Waals surface area contributed by atoms with Crippen molar-refractivity contribution in [1.82, 2.24) is 15.1 Å². The van der Waals surface area contributed by atoms with Gasteiger partial charge in [-0.1, -0.05) is 30.3 Å². The molecule has 2 aliphatic rings. The molecule has 0 aliphatic carbocycles. The van der Waals surface area contributed by atoms with Crippen LogP contribution in [0.5, 0.6) is 0 Å². The number of hydrogen-bond donors (Lipinski definition) is 1. The van der Waals surface area contributed by atoms with Crippen molar-refractivity contribution in [2.24, 2.45) is 5.92 Å². The fraction of sp³-hybridized carbons (Fsp3) is 0.556. The molecule has 0 unspecified atom stereocenters. The zero-order chi connectivity index (χ0) is 16.2. The molecular formula is C18H25N3O2. The van der Waals surface area contributed by atoms with Crippen LogP contribution in [-0.4, -0.2) is 54.3 Å². The highest BCUT2D eigenvalue weighted by Gasteiger charge is 2.33. The molecule has 1 N–H and O–H groups in total. The van der Waals surface area contributed by atoms with Gasteiger partial charge in [-0.3, -0.25) is 14.5 Å². The van der Waals surface area contributed by atoms with Crippen LogP contribution in [0.3, 0.4) is 0 Å². The summed E-state index contributed by atoms with van der Waals surface area (Å²) in [5.74, 6) is -0.0780. The molecule has 23 heavy (non-hydrogen) atoms. The van der Waals surface area contributed by atoms with Crippen LogP contribution in [-0.2, 0) is 16.1 Å². The van der Waals surface area contributed by atoms with Crippen LogP contribution in [0, 0.1) is 5.92 Å². The molecular weight excluding hydrogens is 290 g/mol. The molecule has 0 radical (unpaired) electrons. The number of hydrogen-bond acceptors (Lipinski definition) is 3.